The topological polar surface area (TPSA) is 24.9 Å². The predicted molar refractivity (Wildman–Crippen MR) is 80.3 cm³/mol. The highest BCUT2D eigenvalue weighted by Crippen LogP contribution is 2.35. The van der Waals surface area contributed by atoms with Gasteiger partial charge >= 0.3 is 0 Å². The Hall–Kier alpha value is -0.550. The van der Waals surface area contributed by atoms with Gasteiger partial charge in [0.25, 0.3) is 0 Å². The van der Waals surface area contributed by atoms with Gasteiger partial charge in [0.15, 0.2) is 0 Å². The van der Waals surface area contributed by atoms with Crippen LogP contribution in [0, 0.1) is 0 Å². The van der Waals surface area contributed by atoms with Crippen LogP contribution in [0.5, 0.6) is 0 Å². The molecule has 0 amide bonds. The van der Waals surface area contributed by atoms with Crippen molar-refractivity contribution >= 4 is 39.3 Å². The maximum atomic E-state index is 6.28. The monoisotopic (exact) mass is 342 g/mol. The molecule has 0 bridgehead atoms. The van der Waals surface area contributed by atoms with Crippen molar-refractivity contribution in [3.05, 3.63) is 51.6 Å². The number of rotatable bonds is 4. The van der Waals surface area contributed by atoms with E-state index < -0.39 is 0 Å². The fraction of sp³-hybridized carbons (Fsp3) is 0.154. The van der Waals surface area contributed by atoms with Gasteiger partial charge in [-0.05, 0) is 52.8 Å². The Morgan fingerprint density at radius 1 is 1.39 bits per heavy atom. The van der Waals surface area contributed by atoms with Crippen molar-refractivity contribution in [1.82, 2.24) is 10.3 Å². The predicted octanol–water partition coefficient (Wildman–Crippen LogP) is 4.37. The van der Waals surface area contributed by atoms with Gasteiger partial charge in [0.1, 0.15) is 5.03 Å². The summed E-state index contributed by atoms with van der Waals surface area (Å²) in [6.45, 7) is 0.817. The molecule has 1 aromatic heterocycles. The van der Waals surface area contributed by atoms with Crippen LogP contribution in [0.2, 0.25) is 5.02 Å². The van der Waals surface area contributed by atoms with E-state index in [2.05, 4.69) is 32.3 Å². The summed E-state index contributed by atoms with van der Waals surface area (Å²) in [5.74, 6) is 0. The van der Waals surface area contributed by atoms with E-state index >= 15 is 0 Å². The Labute approximate surface area is 124 Å². The molecule has 0 spiro atoms. The molecule has 0 aliphatic carbocycles. The lowest BCUT2D eigenvalue weighted by atomic mass is 10.2. The molecular weight excluding hydrogens is 332 g/mol. The highest BCUT2D eigenvalue weighted by atomic mass is 79.9. The maximum absolute atomic E-state index is 6.28. The van der Waals surface area contributed by atoms with Gasteiger partial charge < -0.3 is 5.32 Å². The number of aromatic nitrogens is 1. The first-order valence-electron chi connectivity index (χ1n) is 5.42. The average molecular weight is 344 g/mol. The smallest absolute Gasteiger partial charge is 0.115 e. The van der Waals surface area contributed by atoms with Crippen LogP contribution in [0.1, 0.15) is 5.56 Å². The van der Waals surface area contributed by atoms with Crippen molar-refractivity contribution in [2.75, 3.05) is 7.05 Å². The average Bonchev–Trinajstić information content (AvgIpc) is 2.35. The lowest BCUT2D eigenvalue weighted by Crippen LogP contribution is -2.04. The Balaban J connectivity index is 2.22. The molecule has 5 heteroatoms. The molecular formula is C13H12BrClN2S. The zero-order valence-electron chi connectivity index (χ0n) is 9.78. The Morgan fingerprint density at radius 3 is 2.89 bits per heavy atom. The second-order valence-corrected chi connectivity index (χ2v) is 5.98. The van der Waals surface area contributed by atoms with Crippen molar-refractivity contribution in [2.45, 2.75) is 16.5 Å². The highest BCUT2D eigenvalue weighted by molar-refractivity contribution is 9.10. The normalized spacial score (nSPS) is 10.6. The maximum Gasteiger partial charge on any atom is 0.115 e. The number of nitrogens with zero attached hydrogens (tertiary/aromatic N) is 1. The standard InChI is InChI=1S/C13H12BrClN2S/c1-16-8-9-4-5-12(11(15)7-9)18-13-10(14)3-2-6-17-13/h2-7,16H,8H2,1H3. The number of benzene rings is 1. The molecule has 2 rings (SSSR count). The van der Waals surface area contributed by atoms with Crippen LogP contribution in [0.3, 0.4) is 0 Å². The van der Waals surface area contributed by atoms with E-state index in [9.17, 15) is 0 Å². The van der Waals surface area contributed by atoms with Crippen LogP contribution >= 0.6 is 39.3 Å². The second-order valence-electron chi connectivity index (χ2n) is 3.69. The van der Waals surface area contributed by atoms with Gasteiger partial charge in [-0.15, -0.1) is 0 Å². The SMILES string of the molecule is CNCc1ccc(Sc2ncccc2Br)c(Cl)c1. The van der Waals surface area contributed by atoms with Gasteiger partial charge in [-0.1, -0.05) is 29.4 Å². The largest absolute Gasteiger partial charge is 0.316 e. The first-order chi connectivity index (χ1) is 8.70. The molecule has 0 saturated carbocycles. The number of halogens is 2. The molecule has 0 aliphatic heterocycles. The molecule has 0 unspecified atom stereocenters. The van der Waals surface area contributed by atoms with Gasteiger partial charge in [-0.3, -0.25) is 0 Å². The molecule has 94 valence electrons. The minimum atomic E-state index is 0.755. The van der Waals surface area contributed by atoms with Crippen molar-refractivity contribution < 1.29 is 0 Å². The van der Waals surface area contributed by atoms with Crippen LogP contribution in [0.15, 0.2) is 50.9 Å². The van der Waals surface area contributed by atoms with Crippen LogP contribution in [-0.2, 0) is 6.54 Å². The van der Waals surface area contributed by atoms with Crippen molar-refractivity contribution in [2.24, 2.45) is 0 Å². The fourth-order valence-electron chi connectivity index (χ4n) is 1.49. The third-order valence-electron chi connectivity index (χ3n) is 2.31. The minimum Gasteiger partial charge on any atom is -0.316 e. The molecule has 1 heterocycles. The molecule has 0 atom stereocenters. The zero-order valence-corrected chi connectivity index (χ0v) is 12.9. The summed E-state index contributed by atoms with van der Waals surface area (Å²) in [5, 5.41) is 4.78. The van der Waals surface area contributed by atoms with Gasteiger partial charge in [-0.2, -0.15) is 0 Å². The molecule has 2 aromatic rings. The van der Waals surface area contributed by atoms with Crippen LogP contribution in [0.25, 0.3) is 0 Å². The molecule has 0 radical (unpaired) electrons. The van der Waals surface area contributed by atoms with Crippen molar-refractivity contribution in [3.8, 4) is 0 Å². The van der Waals surface area contributed by atoms with Crippen LogP contribution in [0.4, 0.5) is 0 Å². The fourth-order valence-corrected chi connectivity index (χ4v) is 3.09. The summed E-state index contributed by atoms with van der Waals surface area (Å²) < 4.78 is 0.977. The first kappa shape index (κ1) is 13.9. The summed E-state index contributed by atoms with van der Waals surface area (Å²) in [6.07, 6.45) is 1.77. The molecule has 0 saturated heterocycles. The molecule has 1 aromatic carbocycles. The lowest BCUT2D eigenvalue weighted by Gasteiger charge is -2.07. The van der Waals surface area contributed by atoms with E-state index in [0.717, 1.165) is 26.0 Å². The first-order valence-corrected chi connectivity index (χ1v) is 7.41. The van der Waals surface area contributed by atoms with E-state index in [0.29, 0.717) is 0 Å². The highest BCUT2D eigenvalue weighted by Gasteiger charge is 2.07. The summed E-state index contributed by atoms with van der Waals surface area (Å²) in [4.78, 5) is 5.33. The molecule has 0 fully saturated rings. The van der Waals surface area contributed by atoms with Crippen LogP contribution in [-0.4, -0.2) is 12.0 Å². The van der Waals surface area contributed by atoms with Gasteiger partial charge in [0.05, 0.1) is 9.50 Å². The van der Waals surface area contributed by atoms with E-state index in [1.807, 2.05) is 31.3 Å². The molecule has 1 N–H and O–H groups in total. The van der Waals surface area contributed by atoms with E-state index in [4.69, 9.17) is 11.6 Å². The Kier molecular flexibility index (Phi) is 5.06. The quantitative estimate of drug-likeness (QED) is 0.892. The number of nitrogens with one attached hydrogen (secondary N) is 1. The van der Waals surface area contributed by atoms with Gasteiger partial charge in [-0.25, -0.2) is 4.98 Å². The minimum absolute atomic E-state index is 0.755. The van der Waals surface area contributed by atoms with Gasteiger partial charge in [0.2, 0.25) is 0 Å². The summed E-state index contributed by atoms with van der Waals surface area (Å²) in [5.41, 5.74) is 1.17. The van der Waals surface area contributed by atoms with E-state index in [1.54, 1.807) is 18.0 Å². The second kappa shape index (κ2) is 6.57. The van der Waals surface area contributed by atoms with E-state index in [-0.39, 0.29) is 0 Å². The van der Waals surface area contributed by atoms with Gasteiger partial charge in [0, 0.05) is 17.6 Å². The Bertz CT molecular complexity index is 548. The van der Waals surface area contributed by atoms with E-state index in [1.165, 1.54) is 5.56 Å². The molecule has 18 heavy (non-hydrogen) atoms. The molecule has 2 nitrogen and oxygen atoms in total. The van der Waals surface area contributed by atoms with Crippen molar-refractivity contribution in [1.29, 1.82) is 0 Å². The number of hydrogen-bond acceptors (Lipinski definition) is 3. The summed E-state index contributed by atoms with van der Waals surface area (Å²) >= 11 is 11.3. The lowest BCUT2D eigenvalue weighted by molar-refractivity contribution is 0.817. The zero-order chi connectivity index (χ0) is 13.0. The summed E-state index contributed by atoms with van der Waals surface area (Å²) in [6, 6.07) is 9.95. The molecule has 0 aliphatic rings. The number of hydrogen-bond donors (Lipinski definition) is 1. The van der Waals surface area contributed by atoms with Crippen molar-refractivity contribution in [3.63, 3.8) is 0 Å². The number of pyridine rings is 1. The van der Waals surface area contributed by atoms with Crippen LogP contribution < -0.4 is 5.32 Å². The third kappa shape index (κ3) is 3.48. The Morgan fingerprint density at radius 2 is 2.22 bits per heavy atom. The summed E-state index contributed by atoms with van der Waals surface area (Å²) in [7, 11) is 1.92. The third-order valence-corrected chi connectivity index (χ3v) is 4.73.